The minimum absolute atomic E-state index is 0.107. The second-order valence-corrected chi connectivity index (χ2v) is 11.2. The first-order valence-electron chi connectivity index (χ1n) is 13.9. The van der Waals surface area contributed by atoms with E-state index in [1.165, 1.54) is 19.8 Å². The summed E-state index contributed by atoms with van der Waals surface area (Å²) in [5.74, 6) is 0.0481. The molecule has 2 N–H and O–H groups in total. The van der Waals surface area contributed by atoms with Crippen LogP contribution >= 0.6 is 0 Å². The molecule has 1 saturated carbocycles. The van der Waals surface area contributed by atoms with E-state index in [1.807, 2.05) is 60.9 Å². The number of ether oxygens (including phenoxy) is 1. The molecule has 8 nitrogen and oxygen atoms in total. The van der Waals surface area contributed by atoms with Crippen LogP contribution in [0.5, 0.6) is 5.75 Å². The Hall–Kier alpha value is -3.81. The number of hydrogen-bond acceptors (Lipinski definition) is 4. The molecule has 0 saturated heterocycles. The van der Waals surface area contributed by atoms with Crippen LogP contribution in [0.4, 0.5) is 5.69 Å². The Balaban J connectivity index is 1.61. The molecule has 0 radical (unpaired) electrons. The minimum Gasteiger partial charge on any atom is -0.497 e. The molecule has 5 rings (SSSR count). The van der Waals surface area contributed by atoms with Gasteiger partial charge < -0.3 is 24.8 Å². The summed E-state index contributed by atoms with van der Waals surface area (Å²) in [6.45, 7) is 5.81. The summed E-state index contributed by atoms with van der Waals surface area (Å²) in [4.78, 5) is 42.4. The number of methoxy groups -OCH3 is 1. The van der Waals surface area contributed by atoms with Crippen molar-refractivity contribution in [2.45, 2.75) is 84.0 Å². The van der Waals surface area contributed by atoms with Gasteiger partial charge in [0.25, 0.3) is 5.91 Å². The SMILES string of the molecule is COc1ccc(CN2C(=O)c3c(NC(C)=O)c4cc(C)ccc4n3C[C@]2(C)C(=O)NC2CCCCCC2)cc1. The zero-order chi connectivity index (χ0) is 27.7. The molecule has 0 unspecified atom stereocenters. The van der Waals surface area contributed by atoms with Gasteiger partial charge in [-0.05, 0) is 56.5 Å². The number of amides is 3. The average Bonchev–Trinajstić information content (AvgIpc) is 3.04. The van der Waals surface area contributed by atoms with Crippen LogP contribution in [0.3, 0.4) is 0 Å². The molecule has 3 amide bonds. The van der Waals surface area contributed by atoms with Crippen molar-refractivity contribution in [3.8, 4) is 5.75 Å². The van der Waals surface area contributed by atoms with Gasteiger partial charge in [-0.1, -0.05) is 49.4 Å². The Morgan fingerprint density at radius 1 is 1.05 bits per heavy atom. The molecule has 0 bridgehead atoms. The highest BCUT2D eigenvalue weighted by molar-refractivity contribution is 6.14. The summed E-state index contributed by atoms with van der Waals surface area (Å²) in [6, 6.07) is 13.6. The van der Waals surface area contributed by atoms with E-state index < -0.39 is 5.54 Å². The van der Waals surface area contributed by atoms with Gasteiger partial charge >= 0.3 is 0 Å². The summed E-state index contributed by atoms with van der Waals surface area (Å²) >= 11 is 0. The molecule has 1 atom stereocenters. The molecule has 3 aromatic rings. The van der Waals surface area contributed by atoms with E-state index in [0.717, 1.165) is 53.5 Å². The van der Waals surface area contributed by atoms with E-state index in [9.17, 15) is 14.4 Å². The predicted octanol–water partition coefficient (Wildman–Crippen LogP) is 5.17. The molecule has 2 aliphatic rings. The molecule has 8 heteroatoms. The number of aromatic nitrogens is 1. The smallest absolute Gasteiger partial charge is 0.273 e. The third kappa shape index (κ3) is 5.12. The molecular formula is C31H38N4O4. The van der Waals surface area contributed by atoms with Gasteiger partial charge in [0.15, 0.2) is 0 Å². The monoisotopic (exact) mass is 530 g/mol. The van der Waals surface area contributed by atoms with Gasteiger partial charge in [-0.25, -0.2) is 0 Å². The maximum Gasteiger partial charge on any atom is 0.273 e. The van der Waals surface area contributed by atoms with Crippen molar-refractivity contribution in [3.05, 3.63) is 59.3 Å². The lowest BCUT2D eigenvalue weighted by atomic mass is 9.92. The number of fused-ring (bicyclic) bond motifs is 3. The molecule has 206 valence electrons. The highest BCUT2D eigenvalue weighted by Crippen LogP contribution is 2.40. The fraction of sp³-hybridized carbons (Fsp3) is 0.452. The Morgan fingerprint density at radius 3 is 2.38 bits per heavy atom. The lowest BCUT2D eigenvalue weighted by Gasteiger charge is -2.45. The molecule has 1 aliphatic heterocycles. The zero-order valence-electron chi connectivity index (χ0n) is 23.3. The van der Waals surface area contributed by atoms with Crippen LogP contribution in [0, 0.1) is 6.92 Å². The van der Waals surface area contributed by atoms with Gasteiger partial charge in [0, 0.05) is 24.9 Å². The van der Waals surface area contributed by atoms with E-state index in [4.69, 9.17) is 4.74 Å². The highest BCUT2D eigenvalue weighted by atomic mass is 16.5. The van der Waals surface area contributed by atoms with Crippen LogP contribution in [-0.2, 0) is 22.7 Å². The van der Waals surface area contributed by atoms with Crippen molar-refractivity contribution in [2.24, 2.45) is 0 Å². The van der Waals surface area contributed by atoms with Crippen LogP contribution in [0.25, 0.3) is 10.9 Å². The average molecular weight is 531 g/mol. The van der Waals surface area contributed by atoms with Gasteiger partial charge in [0.05, 0.1) is 24.9 Å². The number of benzene rings is 2. The lowest BCUT2D eigenvalue weighted by molar-refractivity contribution is -0.134. The van der Waals surface area contributed by atoms with Gasteiger partial charge in [-0.3, -0.25) is 14.4 Å². The molecule has 1 aromatic heterocycles. The molecule has 1 aliphatic carbocycles. The van der Waals surface area contributed by atoms with E-state index in [1.54, 1.807) is 12.0 Å². The Labute approximate surface area is 229 Å². The third-order valence-corrected chi connectivity index (χ3v) is 8.21. The lowest BCUT2D eigenvalue weighted by Crippen LogP contribution is -2.64. The molecule has 1 fully saturated rings. The van der Waals surface area contributed by atoms with Gasteiger partial charge in [0.2, 0.25) is 11.8 Å². The number of carbonyl (C=O) groups excluding carboxylic acids is 3. The maximum atomic E-state index is 14.4. The van der Waals surface area contributed by atoms with E-state index in [-0.39, 0.29) is 36.9 Å². The predicted molar refractivity (Wildman–Crippen MR) is 152 cm³/mol. The second-order valence-electron chi connectivity index (χ2n) is 11.2. The first-order chi connectivity index (χ1) is 18.7. The number of aryl methyl sites for hydroxylation is 1. The number of rotatable bonds is 6. The van der Waals surface area contributed by atoms with Crippen LogP contribution in [-0.4, -0.2) is 45.9 Å². The van der Waals surface area contributed by atoms with Crippen molar-refractivity contribution in [3.63, 3.8) is 0 Å². The van der Waals surface area contributed by atoms with Crippen LogP contribution in [0.1, 0.15) is 74.0 Å². The number of carbonyl (C=O) groups is 3. The highest BCUT2D eigenvalue weighted by Gasteiger charge is 2.49. The Kier molecular flexibility index (Phi) is 7.38. The largest absolute Gasteiger partial charge is 0.497 e. The fourth-order valence-electron chi connectivity index (χ4n) is 6.02. The standard InChI is InChI=1S/C31H38N4O4/c1-20-11-16-26-25(17-20)27(32-21(2)36)28-29(37)35(18-22-12-14-24(39-4)15-13-22)31(3,19-34(26)28)30(38)33-23-9-7-5-6-8-10-23/h11-17,23H,5-10,18-19H2,1-4H3,(H,32,36)(H,33,38)/t31-/m1/s1. The maximum absolute atomic E-state index is 14.4. The summed E-state index contributed by atoms with van der Waals surface area (Å²) < 4.78 is 7.22. The van der Waals surface area contributed by atoms with Crippen LogP contribution in [0.2, 0.25) is 0 Å². The fourth-order valence-corrected chi connectivity index (χ4v) is 6.02. The van der Waals surface area contributed by atoms with Crippen molar-refractivity contribution in [1.82, 2.24) is 14.8 Å². The molecular weight excluding hydrogens is 492 g/mol. The normalized spacial score (nSPS) is 19.9. The summed E-state index contributed by atoms with van der Waals surface area (Å²) in [6.07, 6.45) is 6.49. The van der Waals surface area contributed by atoms with Crippen LogP contribution in [0.15, 0.2) is 42.5 Å². The van der Waals surface area contributed by atoms with E-state index in [0.29, 0.717) is 11.4 Å². The summed E-state index contributed by atoms with van der Waals surface area (Å²) in [5.41, 5.74) is 2.50. The van der Waals surface area contributed by atoms with Gasteiger partial charge in [0.1, 0.15) is 17.0 Å². The van der Waals surface area contributed by atoms with Crippen LogP contribution < -0.4 is 15.4 Å². The Morgan fingerprint density at radius 2 is 1.74 bits per heavy atom. The Bertz CT molecular complexity index is 1400. The molecule has 0 spiro atoms. The summed E-state index contributed by atoms with van der Waals surface area (Å²) in [7, 11) is 1.61. The minimum atomic E-state index is -1.14. The zero-order valence-corrected chi connectivity index (χ0v) is 23.3. The van der Waals surface area contributed by atoms with Gasteiger partial charge in [-0.15, -0.1) is 0 Å². The van der Waals surface area contributed by atoms with E-state index in [2.05, 4.69) is 10.6 Å². The second kappa shape index (κ2) is 10.8. The number of nitrogens with zero attached hydrogens (tertiary/aromatic N) is 2. The van der Waals surface area contributed by atoms with Crippen molar-refractivity contribution < 1.29 is 19.1 Å². The first kappa shape index (κ1) is 26.8. The third-order valence-electron chi connectivity index (χ3n) is 8.21. The molecule has 2 heterocycles. The van der Waals surface area contributed by atoms with Crippen molar-refractivity contribution >= 4 is 34.3 Å². The molecule has 2 aromatic carbocycles. The van der Waals surface area contributed by atoms with E-state index >= 15 is 0 Å². The topological polar surface area (TPSA) is 92.7 Å². The first-order valence-corrected chi connectivity index (χ1v) is 13.9. The number of anilines is 1. The summed E-state index contributed by atoms with van der Waals surface area (Å²) in [5, 5.41) is 7.03. The quantitative estimate of drug-likeness (QED) is 0.430. The van der Waals surface area contributed by atoms with Crippen molar-refractivity contribution in [2.75, 3.05) is 12.4 Å². The van der Waals surface area contributed by atoms with Gasteiger partial charge in [-0.2, -0.15) is 0 Å². The number of hydrogen-bond donors (Lipinski definition) is 2. The molecule has 39 heavy (non-hydrogen) atoms. The van der Waals surface area contributed by atoms with Crippen molar-refractivity contribution in [1.29, 1.82) is 0 Å². The number of nitrogens with one attached hydrogen (secondary N) is 2.